The van der Waals surface area contributed by atoms with Gasteiger partial charge in [0.2, 0.25) is 5.91 Å². The van der Waals surface area contributed by atoms with Crippen molar-refractivity contribution in [2.24, 2.45) is 0 Å². The van der Waals surface area contributed by atoms with E-state index in [1.165, 1.54) is 54.5 Å². The minimum Gasteiger partial charge on any atom is -0.495 e. The highest BCUT2D eigenvalue weighted by Gasteiger charge is 2.35. The van der Waals surface area contributed by atoms with E-state index in [1.54, 1.807) is 13.0 Å². The molecule has 0 unspecified atom stereocenters. The number of ether oxygens (including phenoxy) is 1. The van der Waals surface area contributed by atoms with Crippen molar-refractivity contribution in [3.05, 3.63) is 86.5 Å². The van der Waals surface area contributed by atoms with Gasteiger partial charge in [-0.05, 0) is 30.7 Å². The topological polar surface area (TPSA) is 140 Å². The number of methoxy groups -OCH3 is 1. The highest BCUT2D eigenvalue weighted by Crippen LogP contribution is 2.36. The number of hydrogen-bond donors (Lipinski definition) is 3. The highest BCUT2D eigenvalue weighted by molar-refractivity contribution is 6.31. The summed E-state index contributed by atoms with van der Waals surface area (Å²) in [7, 11) is 1.35. The molecular formula is C26H21ClF3N7O4. The van der Waals surface area contributed by atoms with Crippen molar-refractivity contribution in [2.45, 2.75) is 25.6 Å². The van der Waals surface area contributed by atoms with Crippen LogP contribution in [0.2, 0.25) is 5.02 Å². The number of carbonyl (C=O) groups excluding carboxylic acids is 1. The second kappa shape index (κ2) is 10.6. The van der Waals surface area contributed by atoms with Gasteiger partial charge in [-0.3, -0.25) is 19.0 Å². The van der Waals surface area contributed by atoms with Gasteiger partial charge in [0.25, 0.3) is 11.1 Å². The van der Waals surface area contributed by atoms with Crippen LogP contribution in [0.1, 0.15) is 25.1 Å². The van der Waals surface area contributed by atoms with Crippen molar-refractivity contribution < 1.29 is 22.7 Å². The van der Waals surface area contributed by atoms with E-state index in [0.29, 0.717) is 11.1 Å². The van der Waals surface area contributed by atoms with Crippen LogP contribution in [-0.2, 0) is 11.0 Å². The Labute approximate surface area is 233 Å². The molecule has 11 nitrogen and oxygen atoms in total. The molecule has 4 heterocycles. The van der Waals surface area contributed by atoms with E-state index in [4.69, 9.17) is 16.3 Å². The molecule has 0 saturated heterocycles. The molecule has 0 saturated carbocycles. The summed E-state index contributed by atoms with van der Waals surface area (Å²) < 4.78 is 47.1. The van der Waals surface area contributed by atoms with E-state index in [-0.39, 0.29) is 45.1 Å². The number of aromatic nitrogens is 6. The molecule has 0 aliphatic rings. The Kier molecular flexibility index (Phi) is 7.17. The first-order chi connectivity index (χ1) is 19.5. The van der Waals surface area contributed by atoms with Gasteiger partial charge in [-0.2, -0.15) is 13.2 Å². The quantitative estimate of drug-likeness (QED) is 0.255. The Bertz CT molecular complexity index is 1890. The number of halogens is 4. The van der Waals surface area contributed by atoms with Gasteiger partial charge in [0.05, 0.1) is 30.9 Å². The molecule has 0 aliphatic heterocycles. The van der Waals surface area contributed by atoms with Gasteiger partial charge < -0.3 is 20.0 Å². The lowest BCUT2D eigenvalue weighted by molar-refractivity contribution is -0.141. The van der Waals surface area contributed by atoms with Crippen molar-refractivity contribution in [3.63, 3.8) is 0 Å². The number of amides is 1. The standard InChI is InChI=1S/C26H21ClF3N7O4/c1-3-18(24(39)33-17-10-32-23-14(17)6-7-31-25(23)40)36-11-20(41-2)16(9-22(36)38)15-8-13(27)4-5-19(15)37-12-21(34-35-37)26(28,29)30/h4-12,18,32H,3H2,1-2H3,(H,31,40)(H,33,39)/t18-/m0/s1. The maximum atomic E-state index is 13.4. The first kappa shape index (κ1) is 27.7. The van der Waals surface area contributed by atoms with Crippen molar-refractivity contribution >= 4 is 34.1 Å². The van der Waals surface area contributed by atoms with Crippen LogP contribution in [0, 0.1) is 0 Å². The number of nitrogens with zero attached hydrogens (tertiary/aromatic N) is 4. The van der Waals surface area contributed by atoms with Crippen LogP contribution in [-0.4, -0.2) is 42.5 Å². The van der Waals surface area contributed by atoms with E-state index < -0.39 is 29.4 Å². The average Bonchev–Trinajstić information content (AvgIpc) is 3.59. The van der Waals surface area contributed by atoms with Gasteiger partial charge in [0.15, 0.2) is 5.69 Å². The monoisotopic (exact) mass is 587 g/mol. The number of pyridine rings is 2. The van der Waals surface area contributed by atoms with Crippen LogP contribution in [0.15, 0.2) is 64.7 Å². The number of rotatable bonds is 7. The maximum Gasteiger partial charge on any atom is 0.436 e. The van der Waals surface area contributed by atoms with Crippen LogP contribution in [0.3, 0.4) is 0 Å². The number of H-pyrrole nitrogens is 2. The van der Waals surface area contributed by atoms with Crippen LogP contribution in [0.4, 0.5) is 18.9 Å². The fraction of sp³-hybridized carbons (Fsp3) is 0.192. The molecule has 0 radical (unpaired) electrons. The Balaban J connectivity index is 1.55. The molecule has 0 fully saturated rings. The largest absolute Gasteiger partial charge is 0.495 e. The molecule has 0 spiro atoms. The highest BCUT2D eigenvalue weighted by atomic mass is 35.5. The molecule has 1 amide bonds. The minimum absolute atomic E-state index is 0.147. The van der Waals surface area contributed by atoms with Crippen LogP contribution in [0.5, 0.6) is 5.75 Å². The Morgan fingerprint density at radius 3 is 2.61 bits per heavy atom. The number of hydrogen-bond acceptors (Lipinski definition) is 6. The Morgan fingerprint density at radius 2 is 1.93 bits per heavy atom. The zero-order valence-corrected chi connectivity index (χ0v) is 22.2. The summed E-state index contributed by atoms with van der Waals surface area (Å²) in [5.74, 6) is -0.370. The van der Waals surface area contributed by atoms with Crippen LogP contribution >= 0.6 is 11.6 Å². The molecule has 15 heteroatoms. The third kappa shape index (κ3) is 5.20. The predicted octanol–water partition coefficient (Wildman–Crippen LogP) is 4.54. The fourth-order valence-corrected chi connectivity index (χ4v) is 4.65. The van der Waals surface area contributed by atoms with Gasteiger partial charge in [-0.15, -0.1) is 5.10 Å². The molecule has 4 aromatic heterocycles. The molecule has 41 heavy (non-hydrogen) atoms. The molecule has 5 aromatic rings. The normalized spacial score (nSPS) is 12.4. The van der Waals surface area contributed by atoms with Crippen LogP contribution in [0.25, 0.3) is 27.7 Å². The van der Waals surface area contributed by atoms with Gasteiger partial charge in [-0.1, -0.05) is 23.7 Å². The summed E-state index contributed by atoms with van der Waals surface area (Å²) in [6, 6.07) is 6.21. The van der Waals surface area contributed by atoms with Crippen molar-refractivity contribution in [3.8, 4) is 22.6 Å². The fourth-order valence-electron chi connectivity index (χ4n) is 4.48. The molecule has 3 N–H and O–H groups in total. The van der Waals surface area contributed by atoms with Crippen molar-refractivity contribution in [1.29, 1.82) is 0 Å². The SMILES string of the molecule is CC[C@@H](C(=O)Nc1c[nH]c2c(=O)[nH]ccc12)n1cc(OC)c(-c2cc(Cl)ccc2-n2cc(C(F)(F)F)nn2)cc1=O. The van der Waals surface area contributed by atoms with Gasteiger partial charge in [-0.25, -0.2) is 4.68 Å². The van der Waals surface area contributed by atoms with Gasteiger partial charge in [0.1, 0.15) is 17.3 Å². The molecule has 5 rings (SSSR count). The second-order valence-corrected chi connectivity index (χ2v) is 9.36. The minimum atomic E-state index is -4.71. The van der Waals surface area contributed by atoms with E-state index in [1.807, 2.05) is 0 Å². The number of alkyl halides is 3. The lowest BCUT2D eigenvalue weighted by atomic mass is 10.0. The van der Waals surface area contributed by atoms with Gasteiger partial charge >= 0.3 is 6.18 Å². The first-order valence-corrected chi connectivity index (χ1v) is 12.5. The summed E-state index contributed by atoms with van der Waals surface area (Å²) in [4.78, 5) is 44.0. The smallest absolute Gasteiger partial charge is 0.436 e. The van der Waals surface area contributed by atoms with E-state index >= 15 is 0 Å². The van der Waals surface area contributed by atoms with E-state index in [0.717, 1.165) is 10.9 Å². The number of nitrogens with one attached hydrogen (secondary N) is 3. The van der Waals surface area contributed by atoms with Crippen molar-refractivity contribution in [2.75, 3.05) is 12.4 Å². The number of fused-ring (bicyclic) bond motifs is 1. The summed E-state index contributed by atoms with van der Waals surface area (Å²) in [6.45, 7) is 1.72. The summed E-state index contributed by atoms with van der Waals surface area (Å²) >= 11 is 6.21. The third-order valence-corrected chi connectivity index (χ3v) is 6.67. The zero-order valence-electron chi connectivity index (χ0n) is 21.4. The summed E-state index contributed by atoms with van der Waals surface area (Å²) in [6.07, 6.45) is 0.508. The molecule has 212 valence electrons. The van der Waals surface area contributed by atoms with Crippen LogP contribution < -0.4 is 21.2 Å². The number of carbonyl (C=O) groups is 1. The molecular weight excluding hydrogens is 567 g/mol. The average molecular weight is 588 g/mol. The summed E-state index contributed by atoms with van der Waals surface area (Å²) in [5.41, 5.74) is -0.873. The number of benzene rings is 1. The predicted molar refractivity (Wildman–Crippen MR) is 144 cm³/mol. The number of aromatic amines is 2. The lowest BCUT2D eigenvalue weighted by Gasteiger charge is -2.20. The Morgan fingerprint density at radius 1 is 1.15 bits per heavy atom. The molecule has 1 aromatic carbocycles. The molecule has 0 bridgehead atoms. The van der Waals surface area contributed by atoms with E-state index in [2.05, 4.69) is 25.6 Å². The first-order valence-electron chi connectivity index (χ1n) is 12.1. The second-order valence-electron chi connectivity index (χ2n) is 8.92. The van der Waals surface area contributed by atoms with Gasteiger partial charge in [0, 0.05) is 40.0 Å². The van der Waals surface area contributed by atoms with Crippen molar-refractivity contribution in [1.82, 2.24) is 29.5 Å². The Hall–Kier alpha value is -4.85. The number of anilines is 1. The summed E-state index contributed by atoms with van der Waals surface area (Å²) in [5, 5.41) is 10.3. The molecule has 1 atom stereocenters. The lowest BCUT2D eigenvalue weighted by Crippen LogP contribution is -2.32. The molecule has 0 aliphatic carbocycles. The zero-order chi connectivity index (χ0) is 29.5. The third-order valence-electron chi connectivity index (χ3n) is 6.44. The maximum absolute atomic E-state index is 13.4. The van der Waals surface area contributed by atoms with E-state index in [9.17, 15) is 27.6 Å².